The highest BCUT2D eigenvalue weighted by molar-refractivity contribution is 6.03. The number of aryl methyl sites for hydroxylation is 1. The number of benzene rings is 3. The van der Waals surface area contributed by atoms with Gasteiger partial charge in [-0.15, -0.1) is 0 Å². The molecule has 1 heterocycles. The predicted octanol–water partition coefficient (Wildman–Crippen LogP) is 5.68. The molecule has 0 aliphatic carbocycles. The largest absolute Gasteiger partial charge is 0.312 e. The van der Waals surface area contributed by atoms with E-state index in [0.29, 0.717) is 6.42 Å². The van der Waals surface area contributed by atoms with Crippen LogP contribution >= 0.6 is 0 Å². The maximum atomic E-state index is 12.9. The quantitative estimate of drug-likeness (QED) is 0.597. The highest BCUT2D eigenvalue weighted by Gasteiger charge is 2.33. The number of carbonyl (C=O) groups is 1. The summed E-state index contributed by atoms with van der Waals surface area (Å²) in [5, 5.41) is 2.51. The molecule has 0 N–H and O–H groups in total. The molecule has 1 atom stereocenters. The zero-order valence-corrected chi connectivity index (χ0v) is 15.5. The molecule has 0 aromatic heterocycles. The lowest BCUT2D eigenvalue weighted by molar-refractivity contribution is -0.119. The zero-order valence-electron chi connectivity index (χ0n) is 15.5. The van der Waals surface area contributed by atoms with E-state index < -0.39 is 0 Å². The minimum atomic E-state index is 0.127. The minimum absolute atomic E-state index is 0.127. The van der Waals surface area contributed by atoms with Gasteiger partial charge >= 0.3 is 0 Å². The Morgan fingerprint density at radius 1 is 0.962 bits per heavy atom. The SMILES string of the molecule is CCCN1C(=O)CC(c2ccc(CC)cc2)c2c1ccc1ccccc21. The van der Waals surface area contributed by atoms with Crippen molar-refractivity contribution in [2.24, 2.45) is 0 Å². The second-order valence-corrected chi connectivity index (χ2v) is 7.12. The van der Waals surface area contributed by atoms with E-state index in [-0.39, 0.29) is 11.8 Å². The van der Waals surface area contributed by atoms with Crippen LogP contribution < -0.4 is 4.90 Å². The third-order valence-electron chi connectivity index (χ3n) is 5.50. The van der Waals surface area contributed by atoms with Crippen LogP contribution in [0.5, 0.6) is 0 Å². The molecule has 1 unspecified atom stereocenters. The van der Waals surface area contributed by atoms with E-state index in [0.717, 1.165) is 25.1 Å². The Morgan fingerprint density at radius 3 is 2.46 bits per heavy atom. The normalized spacial score (nSPS) is 16.8. The van der Waals surface area contributed by atoms with Crippen LogP contribution in [0, 0.1) is 0 Å². The molecule has 26 heavy (non-hydrogen) atoms. The second-order valence-electron chi connectivity index (χ2n) is 7.12. The first-order chi connectivity index (χ1) is 12.7. The van der Waals surface area contributed by atoms with E-state index in [2.05, 4.69) is 74.5 Å². The minimum Gasteiger partial charge on any atom is -0.312 e. The summed E-state index contributed by atoms with van der Waals surface area (Å²) in [6, 6.07) is 21.6. The average molecular weight is 343 g/mol. The monoisotopic (exact) mass is 343 g/mol. The Kier molecular flexibility index (Phi) is 4.50. The number of amides is 1. The van der Waals surface area contributed by atoms with Gasteiger partial charge in [0.2, 0.25) is 5.91 Å². The lowest BCUT2D eigenvalue weighted by atomic mass is 9.81. The third kappa shape index (κ3) is 2.80. The first-order valence-electron chi connectivity index (χ1n) is 9.63. The van der Waals surface area contributed by atoms with Gasteiger partial charge in [-0.05, 0) is 46.4 Å². The molecule has 0 fully saturated rings. The molecule has 1 amide bonds. The number of carbonyl (C=O) groups excluding carboxylic acids is 1. The first kappa shape index (κ1) is 16.8. The molecular formula is C24H25NO. The molecule has 1 aliphatic heterocycles. The highest BCUT2D eigenvalue weighted by atomic mass is 16.2. The summed E-state index contributed by atoms with van der Waals surface area (Å²) >= 11 is 0. The van der Waals surface area contributed by atoms with Gasteiger partial charge in [0, 0.05) is 24.6 Å². The molecule has 0 saturated carbocycles. The van der Waals surface area contributed by atoms with Crippen molar-refractivity contribution in [2.75, 3.05) is 11.4 Å². The van der Waals surface area contributed by atoms with Crippen LogP contribution in [0.15, 0.2) is 60.7 Å². The summed E-state index contributed by atoms with van der Waals surface area (Å²) in [7, 11) is 0. The Morgan fingerprint density at radius 2 is 1.73 bits per heavy atom. The topological polar surface area (TPSA) is 20.3 Å². The van der Waals surface area contributed by atoms with E-state index in [1.54, 1.807) is 0 Å². The fourth-order valence-electron chi connectivity index (χ4n) is 4.15. The fraction of sp³-hybridized carbons (Fsp3) is 0.292. The number of hydrogen-bond acceptors (Lipinski definition) is 1. The van der Waals surface area contributed by atoms with Gasteiger partial charge in [0.15, 0.2) is 0 Å². The maximum absolute atomic E-state index is 12.9. The fourth-order valence-corrected chi connectivity index (χ4v) is 4.15. The molecule has 3 aromatic rings. The van der Waals surface area contributed by atoms with Crippen LogP contribution in [-0.2, 0) is 11.2 Å². The summed E-state index contributed by atoms with van der Waals surface area (Å²) < 4.78 is 0. The van der Waals surface area contributed by atoms with Gasteiger partial charge in [-0.1, -0.05) is 68.4 Å². The van der Waals surface area contributed by atoms with Gasteiger partial charge in [0.05, 0.1) is 0 Å². The lowest BCUT2D eigenvalue weighted by Crippen LogP contribution is -2.37. The second kappa shape index (κ2) is 6.95. The van der Waals surface area contributed by atoms with Crippen LogP contribution in [0.3, 0.4) is 0 Å². The Labute approximate surface area is 155 Å². The van der Waals surface area contributed by atoms with Crippen molar-refractivity contribution in [3.05, 3.63) is 77.4 Å². The number of rotatable bonds is 4. The van der Waals surface area contributed by atoms with E-state index in [4.69, 9.17) is 0 Å². The summed E-state index contributed by atoms with van der Waals surface area (Å²) in [6.07, 6.45) is 2.55. The molecular weight excluding hydrogens is 318 g/mol. The summed E-state index contributed by atoms with van der Waals surface area (Å²) in [5.74, 6) is 0.363. The van der Waals surface area contributed by atoms with Crippen LogP contribution in [0.1, 0.15) is 49.3 Å². The smallest absolute Gasteiger partial charge is 0.227 e. The molecule has 2 nitrogen and oxygen atoms in total. The summed E-state index contributed by atoms with van der Waals surface area (Å²) in [5.41, 5.74) is 4.97. The number of anilines is 1. The van der Waals surface area contributed by atoms with E-state index in [9.17, 15) is 4.79 Å². The lowest BCUT2D eigenvalue weighted by Gasteiger charge is -2.35. The number of fused-ring (bicyclic) bond motifs is 3. The molecule has 0 bridgehead atoms. The molecule has 4 rings (SSSR count). The van der Waals surface area contributed by atoms with Crippen LogP contribution in [0.25, 0.3) is 10.8 Å². The van der Waals surface area contributed by atoms with Gasteiger partial charge in [-0.2, -0.15) is 0 Å². The van der Waals surface area contributed by atoms with Crippen molar-refractivity contribution in [1.29, 1.82) is 0 Å². The Balaban J connectivity index is 1.92. The molecule has 3 aromatic carbocycles. The number of nitrogens with zero attached hydrogens (tertiary/aromatic N) is 1. The van der Waals surface area contributed by atoms with Crippen molar-refractivity contribution in [2.45, 2.75) is 39.0 Å². The average Bonchev–Trinajstić information content (AvgIpc) is 2.69. The van der Waals surface area contributed by atoms with Crippen molar-refractivity contribution >= 4 is 22.4 Å². The van der Waals surface area contributed by atoms with Crippen molar-refractivity contribution in [1.82, 2.24) is 0 Å². The van der Waals surface area contributed by atoms with Crippen LogP contribution in [-0.4, -0.2) is 12.5 Å². The zero-order chi connectivity index (χ0) is 18.1. The third-order valence-corrected chi connectivity index (χ3v) is 5.50. The Hall–Kier alpha value is -2.61. The molecule has 0 saturated heterocycles. The van der Waals surface area contributed by atoms with Crippen LogP contribution in [0.4, 0.5) is 5.69 Å². The van der Waals surface area contributed by atoms with Crippen molar-refractivity contribution in [3.8, 4) is 0 Å². The van der Waals surface area contributed by atoms with E-state index >= 15 is 0 Å². The van der Waals surface area contributed by atoms with E-state index in [1.165, 1.54) is 27.5 Å². The van der Waals surface area contributed by atoms with Gasteiger partial charge in [0.1, 0.15) is 0 Å². The van der Waals surface area contributed by atoms with E-state index in [1.807, 2.05) is 4.90 Å². The standard InChI is InChI=1S/C24H25NO/c1-3-15-25-22-14-13-18-7-5-6-8-20(18)24(22)21(16-23(25)26)19-11-9-17(4-2)10-12-19/h5-14,21H,3-4,15-16H2,1-2H3. The molecule has 132 valence electrons. The Bertz CT molecular complexity index is 942. The number of hydrogen-bond donors (Lipinski definition) is 0. The molecule has 1 aliphatic rings. The van der Waals surface area contributed by atoms with Gasteiger partial charge in [-0.3, -0.25) is 4.79 Å². The van der Waals surface area contributed by atoms with Gasteiger partial charge < -0.3 is 4.90 Å². The molecule has 0 radical (unpaired) electrons. The maximum Gasteiger partial charge on any atom is 0.227 e. The summed E-state index contributed by atoms with van der Waals surface area (Å²) in [4.78, 5) is 14.9. The van der Waals surface area contributed by atoms with Crippen LogP contribution in [0.2, 0.25) is 0 Å². The van der Waals surface area contributed by atoms with Crippen molar-refractivity contribution in [3.63, 3.8) is 0 Å². The van der Waals surface area contributed by atoms with Gasteiger partial charge in [-0.25, -0.2) is 0 Å². The first-order valence-corrected chi connectivity index (χ1v) is 9.63. The highest BCUT2D eigenvalue weighted by Crippen LogP contribution is 2.44. The molecule has 2 heteroatoms. The van der Waals surface area contributed by atoms with Crippen molar-refractivity contribution < 1.29 is 4.79 Å². The predicted molar refractivity (Wildman–Crippen MR) is 109 cm³/mol. The molecule has 0 spiro atoms. The van der Waals surface area contributed by atoms with Gasteiger partial charge in [0.25, 0.3) is 0 Å². The summed E-state index contributed by atoms with van der Waals surface area (Å²) in [6.45, 7) is 5.08.